The smallest absolute Gasteiger partial charge is 0.251 e. The fourth-order valence-electron chi connectivity index (χ4n) is 1.59. The number of nitrogen functional groups attached to an aromatic ring is 1. The van der Waals surface area contributed by atoms with Gasteiger partial charge in [-0.3, -0.25) is 4.79 Å². The van der Waals surface area contributed by atoms with Crippen LogP contribution >= 0.6 is 0 Å². The Hall–Kier alpha value is -2.70. The lowest BCUT2D eigenvalue weighted by Crippen LogP contribution is -2.16. The van der Waals surface area contributed by atoms with Gasteiger partial charge in [-0.25, -0.2) is 13.8 Å². The minimum atomic E-state index is -1.04. The first-order chi connectivity index (χ1) is 9.50. The van der Waals surface area contributed by atoms with Gasteiger partial charge < -0.3 is 16.2 Å². The Bertz CT molecular complexity index is 662. The molecular weight excluding hydrogens is 268 g/mol. The van der Waals surface area contributed by atoms with Crippen molar-refractivity contribution in [1.82, 2.24) is 4.98 Å². The number of ether oxygens (including phenoxy) is 1. The van der Waals surface area contributed by atoms with Crippen molar-refractivity contribution in [2.24, 2.45) is 5.73 Å². The van der Waals surface area contributed by atoms with Crippen LogP contribution in [-0.4, -0.2) is 10.9 Å². The molecule has 0 radical (unpaired) electrons. The minimum Gasteiger partial charge on any atom is -0.485 e. The van der Waals surface area contributed by atoms with E-state index in [-0.39, 0.29) is 11.6 Å². The van der Waals surface area contributed by atoms with E-state index >= 15 is 0 Å². The Labute approximate surface area is 113 Å². The third-order valence-electron chi connectivity index (χ3n) is 2.62. The summed E-state index contributed by atoms with van der Waals surface area (Å²) in [5.74, 6) is -2.57. The summed E-state index contributed by atoms with van der Waals surface area (Å²) in [5, 5.41) is 0. The molecule has 0 aliphatic carbocycles. The number of nitrogens with zero attached hydrogens (tertiary/aromatic N) is 1. The van der Waals surface area contributed by atoms with E-state index in [9.17, 15) is 13.6 Å². The van der Waals surface area contributed by atoms with Gasteiger partial charge in [-0.15, -0.1) is 0 Å². The fourth-order valence-corrected chi connectivity index (χ4v) is 1.59. The molecule has 1 aromatic carbocycles. The van der Waals surface area contributed by atoms with Gasteiger partial charge in [0.1, 0.15) is 18.2 Å². The molecule has 2 aromatic rings. The summed E-state index contributed by atoms with van der Waals surface area (Å²) in [4.78, 5) is 14.8. The zero-order valence-electron chi connectivity index (χ0n) is 10.3. The number of carbonyl (C=O) groups is 1. The molecule has 0 aliphatic heterocycles. The number of amides is 1. The molecule has 5 nitrogen and oxygen atoms in total. The highest BCUT2D eigenvalue weighted by Gasteiger charge is 2.17. The normalized spacial score (nSPS) is 10.3. The van der Waals surface area contributed by atoms with E-state index in [1.165, 1.54) is 12.3 Å². The largest absolute Gasteiger partial charge is 0.485 e. The number of pyridine rings is 1. The second-order valence-electron chi connectivity index (χ2n) is 3.93. The number of nitrogens with two attached hydrogens (primary N) is 2. The Morgan fingerprint density at radius 3 is 2.70 bits per heavy atom. The van der Waals surface area contributed by atoms with Crippen LogP contribution in [0.4, 0.5) is 14.6 Å². The van der Waals surface area contributed by atoms with Gasteiger partial charge >= 0.3 is 0 Å². The quantitative estimate of drug-likeness (QED) is 0.889. The SMILES string of the molecule is NC(=O)c1ccc(F)c(COc2cccnc2N)c1F. The van der Waals surface area contributed by atoms with Gasteiger partial charge in [0, 0.05) is 6.20 Å². The standard InChI is InChI=1S/C13H11F2N3O2/c14-9-4-3-7(13(17)19)11(15)8(9)6-20-10-2-1-5-18-12(10)16/h1-5H,6H2,(H2,16,18)(H2,17,19). The van der Waals surface area contributed by atoms with E-state index in [4.69, 9.17) is 16.2 Å². The number of rotatable bonds is 4. The number of halogens is 2. The monoisotopic (exact) mass is 279 g/mol. The molecule has 0 unspecified atom stereocenters. The zero-order chi connectivity index (χ0) is 14.7. The molecule has 0 atom stereocenters. The molecule has 0 bridgehead atoms. The van der Waals surface area contributed by atoms with Crippen LogP contribution in [0, 0.1) is 11.6 Å². The topological polar surface area (TPSA) is 91.2 Å². The molecule has 2 rings (SSSR count). The van der Waals surface area contributed by atoms with Gasteiger partial charge in [-0.2, -0.15) is 0 Å². The lowest BCUT2D eigenvalue weighted by Gasteiger charge is -2.10. The Morgan fingerprint density at radius 2 is 2.05 bits per heavy atom. The first-order valence-corrected chi connectivity index (χ1v) is 5.60. The summed E-state index contributed by atoms with van der Waals surface area (Å²) in [6.45, 7) is -0.436. The molecule has 4 N–H and O–H groups in total. The Balaban J connectivity index is 2.28. The highest BCUT2D eigenvalue weighted by molar-refractivity contribution is 5.93. The predicted molar refractivity (Wildman–Crippen MR) is 67.9 cm³/mol. The maximum absolute atomic E-state index is 13.9. The van der Waals surface area contributed by atoms with Gasteiger partial charge in [-0.1, -0.05) is 0 Å². The van der Waals surface area contributed by atoms with E-state index in [1.54, 1.807) is 6.07 Å². The highest BCUT2D eigenvalue weighted by Crippen LogP contribution is 2.22. The first-order valence-electron chi connectivity index (χ1n) is 5.60. The summed E-state index contributed by atoms with van der Waals surface area (Å²) in [5.41, 5.74) is 9.74. The van der Waals surface area contributed by atoms with E-state index < -0.39 is 35.3 Å². The number of hydrogen-bond donors (Lipinski definition) is 2. The molecule has 20 heavy (non-hydrogen) atoms. The summed E-state index contributed by atoms with van der Waals surface area (Å²) >= 11 is 0. The van der Waals surface area contributed by atoms with Crippen molar-refractivity contribution in [3.05, 3.63) is 53.2 Å². The maximum atomic E-state index is 13.9. The molecule has 0 saturated heterocycles. The summed E-state index contributed by atoms with van der Waals surface area (Å²) in [6.07, 6.45) is 1.46. The van der Waals surface area contributed by atoms with Gasteiger partial charge in [0.15, 0.2) is 11.6 Å². The van der Waals surface area contributed by atoms with Crippen molar-refractivity contribution in [2.45, 2.75) is 6.61 Å². The van der Waals surface area contributed by atoms with Crippen molar-refractivity contribution >= 4 is 11.7 Å². The van der Waals surface area contributed by atoms with Crippen molar-refractivity contribution in [3.63, 3.8) is 0 Å². The molecule has 0 spiro atoms. The molecule has 1 heterocycles. The Kier molecular flexibility index (Phi) is 3.79. The van der Waals surface area contributed by atoms with Crippen LogP contribution in [0.25, 0.3) is 0 Å². The number of aromatic nitrogens is 1. The molecule has 7 heteroatoms. The average molecular weight is 279 g/mol. The first kappa shape index (κ1) is 13.7. The third-order valence-corrected chi connectivity index (χ3v) is 2.62. The number of primary amides is 1. The molecule has 1 aromatic heterocycles. The number of hydrogen-bond acceptors (Lipinski definition) is 4. The number of anilines is 1. The van der Waals surface area contributed by atoms with Crippen molar-refractivity contribution in [1.29, 1.82) is 0 Å². The van der Waals surface area contributed by atoms with Gasteiger partial charge in [0.05, 0.1) is 11.1 Å². The van der Waals surface area contributed by atoms with Crippen molar-refractivity contribution in [2.75, 3.05) is 5.73 Å². The van der Waals surface area contributed by atoms with Crippen LogP contribution in [-0.2, 0) is 6.61 Å². The molecule has 0 fully saturated rings. The van der Waals surface area contributed by atoms with Gasteiger partial charge in [0.2, 0.25) is 0 Å². The number of carbonyl (C=O) groups excluding carboxylic acids is 1. The van der Waals surface area contributed by atoms with Gasteiger partial charge in [-0.05, 0) is 24.3 Å². The van der Waals surface area contributed by atoms with E-state index in [2.05, 4.69) is 4.98 Å². The van der Waals surface area contributed by atoms with Crippen LogP contribution in [0.15, 0.2) is 30.5 Å². The fraction of sp³-hybridized carbons (Fsp3) is 0.0769. The molecule has 0 saturated carbocycles. The second kappa shape index (κ2) is 5.52. The van der Waals surface area contributed by atoms with Crippen LogP contribution in [0.2, 0.25) is 0 Å². The lowest BCUT2D eigenvalue weighted by atomic mass is 10.1. The predicted octanol–water partition coefficient (Wildman–Crippen LogP) is 1.62. The Morgan fingerprint density at radius 1 is 1.30 bits per heavy atom. The maximum Gasteiger partial charge on any atom is 0.251 e. The zero-order valence-corrected chi connectivity index (χ0v) is 10.3. The highest BCUT2D eigenvalue weighted by atomic mass is 19.1. The summed E-state index contributed by atoms with van der Waals surface area (Å²) < 4.78 is 32.7. The molecular formula is C13H11F2N3O2. The van der Waals surface area contributed by atoms with Crippen LogP contribution in [0.1, 0.15) is 15.9 Å². The summed E-state index contributed by atoms with van der Waals surface area (Å²) in [7, 11) is 0. The van der Waals surface area contributed by atoms with Crippen molar-refractivity contribution in [3.8, 4) is 5.75 Å². The molecule has 1 amide bonds. The third kappa shape index (κ3) is 2.66. The van der Waals surface area contributed by atoms with Crippen LogP contribution in [0.3, 0.4) is 0 Å². The number of benzene rings is 1. The lowest BCUT2D eigenvalue weighted by molar-refractivity contribution is 0.0996. The van der Waals surface area contributed by atoms with E-state index in [0.29, 0.717) is 0 Å². The summed E-state index contributed by atoms with van der Waals surface area (Å²) in [6, 6.07) is 5.01. The van der Waals surface area contributed by atoms with E-state index in [1.807, 2.05) is 0 Å². The second-order valence-corrected chi connectivity index (χ2v) is 3.93. The van der Waals surface area contributed by atoms with Crippen molar-refractivity contribution < 1.29 is 18.3 Å². The molecule has 104 valence electrons. The average Bonchev–Trinajstić information content (AvgIpc) is 2.40. The van der Waals surface area contributed by atoms with E-state index in [0.717, 1.165) is 12.1 Å². The van der Waals surface area contributed by atoms with Gasteiger partial charge in [0.25, 0.3) is 5.91 Å². The van der Waals surface area contributed by atoms with Crippen LogP contribution in [0.5, 0.6) is 5.75 Å². The minimum absolute atomic E-state index is 0.0966. The van der Waals surface area contributed by atoms with Crippen LogP contribution < -0.4 is 16.2 Å². The molecule has 0 aliphatic rings.